The SMILES string of the molecule is CCNC(=NCCCCc1nc(C)cs1)NCCc1ccc(Cl)nc1. The lowest BCUT2D eigenvalue weighted by Gasteiger charge is -2.11. The van der Waals surface area contributed by atoms with Gasteiger partial charge in [-0.25, -0.2) is 9.97 Å². The van der Waals surface area contributed by atoms with Gasteiger partial charge in [0.2, 0.25) is 0 Å². The number of rotatable bonds is 9. The number of hydrogen-bond acceptors (Lipinski definition) is 4. The first-order valence-electron chi connectivity index (χ1n) is 8.71. The van der Waals surface area contributed by atoms with Gasteiger partial charge in [0.25, 0.3) is 0 Å². The Morgan fingerprint density at radius 1 is 1.24 bits per heavy atom. The van der Waals surface area contributed by atoms with Crippen molar-refractivity contribution in [3.63, 3.8) is 0 Å². The van der Waals surface area contributed by atoms with E-state index < -0.39 is 0 Å². The Balaban J connectivity index is 1.67. The first-order valence-corrected chi connectivity index (χ1v) is 9.96. The molecule has 2 N–H and O–H groups in total. The minimum atomic E-state index is 0.527. The van der Waals surface area contributed by atoms with E-state index in [1.807, 2.05) is 25.3 Å². The van der Waals surface area contributed by atoms with Crippen LogP contribution in [-0.2, 0) is 12.8 Å². The summed E-state index contributed by atoms with van der Waals surface area (Å²) in [7, 11) is 0. The molecule has 7 heteroatoms. The smallest absolute Gasteiger partial charge is 0.191 e. The number of pyridine rings is 1. The number of aliphatic imine (C=N–C) groups is 1. The Morgan fingerprint density at radius 3 is 2.80 bits per heavy atom. The molecule has 0 aliphatic carbocycles. The van der Waals surface area contributed by atoms with Crippen molar-refractivity contribution in [2.75, 3.05) is 19.6 Å². The topological polar surface area (TPSA) is 62.2 Å². The minimum Gasteiger partial charge on any atom is -0.357 e. The Bertz CT molecular complexity index is 654. The fourth-order valence-electron chi connectivity index (χ4n) is 2.32. The highest BCUT2D eigenvalue weighted by Crippen LogP contribution is 2.11. The second kappa shape index (κ2) is 11.1. The van der Waals surface area contributed by atoms with Crippen LogP contribution in [0.15, 0.2) is 28.7 Å². The summed E-state index contributed by atoms with van der Waals surface area (Å²) >= 11 is 7.55. The van der Waals surface area contributed by atoms with Crippen LogP contribution in [0, 0.1) is 6.92 Å². The molecule has 2 heterocycles. The van der Waals surface area contributed by atoms with Crippen molar-refractivity contribution in [1.82, 2.24) is 20.6 Å². The third kappa shape index (κ3) is 7.84. The number of hydrogen-bond donors (Lipinski definition) is 2. The maximum absolute atomic E-state index is 5.80. The number of unbranched alkanes of at least 4 members (excludes halogenated alkanes) is 1. The van der Waals surface area contributed by atoms with E-state index in [2.05, 4.69) is 37.9 Å². The fraction of sp³-hybridized carbons (Fsp3) is 0.500. The van der Waals surface area contributed by atoms with Crippen molar-refractivity contribution in [3.05, 3.63) is 45.1 Å². The predicted octanol–water partition coefficient (Wildman–Crippen LogP) is 3.62. The zero-order valence-electron chi connectivity index (χ0n) is 14.9. The van der Waals surface area contributed by atoms with E-state index in [0.717, 1.165) is 62.5 Å². The lowest BCUT2D eigenvalue weighted by atomic mass is 10.2. The van der Waals surface area contributed by atoms with Crippen molar-refractivity contribution in [1.29, 1.82) is 0 Å². The van der Waals surface area contributed by atoms with E-state index in [4.69, 9.17) is 11.6 Å². The van der Waals surface area contributed by atoms with Gasteiger partial charge in [-0.05, 0) is 51.2 Å². The van der Waals surface area contributed by atoms with Crippen LogP contribution in [0.3, 0.4) is 0 Å². The molecule has 0 amide bonds. The standard InChI is InChI=1S/C18H26ClN5S/c1-3-20-18(22-11-9-15-7-8-16(19)23-12-15)21-10-5-4-6-17-24-14(2)13-25-17/h7-8,12-13H,3-6,9-11H2,1-2H3,(H2,20,21,22). The number of nitrogens with one attached hydrogen (secondary N) is 2. The average molecular weight is 380 g/mol. The molecular formula is C18H26ClN5S. The third-order valence-electron chi connectivity index (χ3n) is 3.57. The van der Waals surface area contributed by atoms with Gasteiger partial charge in [-0.15, -0.1) is 11.3 Å². The Kier molecular flexibility index (Phi) is 8.69. The summed E-state index contributed by atoms with van der Waals surface area (Å²) in [5.41, 5.74) is 2.28. The van der Waals surface area contributed by atoms with E-state index in [0.29, 0.717) is 5.15 Å². The maximum atomic E-state index is 5.80. The number of thiazole rings is 1. The first-order chi connectivity index (χ1) is 12.2. The predicted molar refractivity (Wildman–Crippen MR) is 107 cm³/mol. The number of guanidine groups is 1. The summed E-state index contributed by atoms with van der Waals surface area (Å²) in [5.74, 6) is 0.870. The van der Waals surface area contributed by atoms with Crippen LogP contribution in [0.2, 0.25) is 5.15 Å². The summed E-state index contributed by atoms with van der Waals surface area (Å²) < 4.78 is 0. The van der Waals surface area contributed by atoms with Gasteiger partial charge in [-0.1, -0.05) is 17.7 Å². The average Bonchev–Trinajstić information content (AvgIpc) is 3.01. The normalized spacial score (nSPS) is 11.6. The van der Waals surface area contributed by atoms with Gasteiger partial charge < -0.3 is 10.6 Å². The van der Waals surface area contributed by atoms with E-state index in [9.17, 15) is 0 Å². The van der Waals surface area contributed by atoms with Gasteiger partial charge in [0.15, 0.2) is 5.96 Å². The third-order valence-corrected chi connectivity index (χ3v) is 4.82. The molecule has 0 aliphatic rings. The molecular weight excluding hydrogens is 354 g/mol. The van der Waals surface area contributed by atoms with Crippen LogP contribution < -0.4 is 10.6 Å². The van der Waals surface area contributed by atoms with Gasteiger partial charge in [0.05, 0.1) is 5.01 Å². The quantitative estimate of drug-likeness (QED) is 0.302. The number of aryl methyl sites for hydroxylation is 2. The number of nitrogens with zero attached hydrogens (tertiary/aromatic N) is 3. The molecule has 2 aromatic rings. The van der Waals surface area contributed by atoms with E-state index >= 15 is 0 Å². The van der Waals surface area contributed by atoms with E-state index in [-0.39, 0.29) is 0 Å². The molecule has 0 saturated heterocycles. The molecule has 0 aromatic carbocycles. The first kappa shape index (κ1) is 19.7. The number of aromatic nitrogens is 2. The Morgan fingerprint density at radius 2 is 2.12 bits per heavy atom. The van der Waals surface area contributed by atoms with Crippen LogP contribution in [0.25, 0.3) is 0 Å². The molecule has 136 valence electrons. The maximum Gasteiger partial charge on any atom is 0.191 e. The van der Waals surface area contributed by atoms with Crippen LogP contribution in [-0.4, -0.2) is 35.6 Å². The highest BCUT2D eigenvalue weighted by Gasteiger charge is 2.00. The van der Waals surface area contributed by atoms with E-state index in [1.54, 1.807) is 11.3 Å². The van der Waals surface area contributed by atoms with Gasteiger partial charge in [0, 0.05) is 36.9 Å². The second-order valence-corrected chi connectivity index (χ2v) is 7.10. The van der Waals surface area contributed by atoms with E-state index in [1.165, 1.54) is 5.01 Å². The van der Waals surface area contributed by atoms with Crippen molar-refractivity contribution in [3.8, 4) is 0 Å². The molecule has 0 atom stereocenters. The Hall–Kier alpha value is -1.66. The van der Waals surface area contributed by atoms with Crippen molar-refractivity contribution >= 4 is 28.9 Å². The largest absolute Gasteiger partial charge is 0.357 e. The summed E-state index contributed by atoms with van der Waals surface area (Å²) in [6.07, 6.45) is 5.93. The highest BCUT2D eigenvalue weighted by atomic mass is 35.5. The molecule has 0 spiro atoms. The molecule has 0 unspecified atom stereocenters. The lowest BCUT2D eigenvalue weighted by Crippen LogP contribution is -2.38. The molecule has 0 bridgehead atoms. The minimum absolute atomic E-state index is 0.527. The highest BCUT2D eigenvalue weighted by molar-refractivity contribution is 7.09. The monoisotopic (exact) mass is 379 g/mol. The molecule has 2 rings (SSSR count). The molecule has 2 aromatic heterocycles. The van der Waals surface area contributed by atoms with Crippen molar-refractivity contribution in [2.24, 2.45) is 4.99 Å². The molecule has 25 heavy (non-hydrogen) atoms. The summed E-state index contributed by atoms with van der Waals surface area (Å²) in [5, 5.41) is 10.5. The van der Waals surface area contributed by atoms with Crippen LogP contribution in [0.4, 0.5) is 0 Å². The molecule has 0 aliphatic heterocycles. The van der Waals surface area contributed by atoms with Gasteiger partial charge in [0.1, 0.15) is 5.15 Å². The zero-order chi connectivity index (χ0) is 17.9. The molecule has 0 fully saturated rings. The molecule has 0 radical (unpaired) electrons. The van der Waals surface area contributed by atoms with Crippen LogP contribution in [0.5, 0.6) is 0 Å². The Labute approximate surface area is 159 Å². The summed E-state index contributed by atoms with van der Waals surface area (Å²) in [6, 6.07) is 3.82. The molecule has 5 nitrogen and oxygen atoms in total. The fourth-order valence-corrected chi connectivity index (χ4v) is 3.25. The zero-order valence-corrected chi connectivity index (χ0v) is 16.5. The van der Waals surface area contributed by atoms with Crippen LogP contribution in [0.1, 0.15) is 36.0 Å². The van der Waals surface area contributed by atoms with Crippen molar-refractivity contribution < 1.29 is 0 Å². The summed E-state index contributed by atoms with van der Waals surface area (Å²) in [4.78, 5) is 13.2. The van der Waals surface area contributed by atoms with Crippen LogP contribution >= 0.6 is 22.9 Å². The summed E-state index contributed by atoms with van der Waals surface area (Å²) in [6.45, 7) is 6.60. The number of halogens is 1. The molecule has 0 saturated carbocycles. The van der Waals surface area contributed by atoms with Gasteiger partial charge in [-0.3, -0.25) is 4.99 Å². The van der Waals surface area contributed by atoms with Gasteiger partial charge in [-0.2, -0.15) is 0 Å². The second-order valence-electron chi connectivity index (χ2n) is 5.77. The van der Waals surface area contributed by atoms with Gasteiger partial charge >= 0.3 is 0 Å². The lowest BCUT2D eigenvalue weighted by molar-refractivity contribution is 0.727. The van der Waals surface area contributed by atoms with Crippen molar-refractivity contribution in [2.45, 2.75) is 39.5 Å².